The first-order chi connectivity index (χ1) is 13.9. The summed E-state index contributed by atoms with van der Waals surface area (Å²) < 4.78 is 30.8. The zero-order valence-corrected chi connectivity index (χ0v) is 17.3. The van der Waals surface area contributed by atoms with Crippen molar-refractivity contribution in [2.75, 3.05) is 0 Å². The molecule has 5 nitrogen and oxygen atoms in total. The van der Waals surface area contributed by atoms with Gasteiger partial charge in [0.1, 0.15) is 0 Å². The standard InChI is InChI=1S/C23H23N3O2S/c1-14-13-26(21-6-4-3-5-17(14)21)29(27,28)16-8-10-20-18(12-16)23-19-9-7-15(24-19)11-22(23)25(20)2/h3-6,8,10,12-13,15,19,24H,7,9,11H2,1-2H3. The summed E-state index contributed by atoms with van der Waals surface area (Å²) in [5.41, 5.74) is 5.44. The van der Waals surface area contributed by atoms with Crippen LogP contribution in [0.1, 0.15) is 35.7 Å². The molecule has 0 amide bonds. The molecule has 1 N–H and O–H groups in total. The molecule has 2 aliphatic rings. The normalized spacial score (nSPS) is 21.2. The third-order valence-corrected chi connectivity index (χ3v) is 8.47. The number of nitrogens with zero attached hydrogens (tertiary/aromatic N) is 2. The fraction of sp³-hybridized carbons (Fsp3) is 0.304. The monoisotopic (exact) mass is 405 g/mol. The molecule has 0 spiro atoms. The molecule has 2 atom stereocenters. The second-order valence-corrected chi connectivity index (χ2v) is 10.2. The van der Waals surface area contributed by atoms with Gasteiger partial charge in [0.25, 0.3) is 10.0 Å². The highest BCUT2D eigenvalue weighted by molar-refractivity contribution is 7.90. The molecule has 4 aromatic rings. The quantitative estimate of drug-likeness (QED) is 0.548. The highest BCUT2D eigenvalue weighted by Crippen LogP contribution is 2.42. The van der Waals surface area contributed by atoms with Crippen molar-refractivity contribution < 1.29 is 8.42 Å². The predicted octanol–water partition coefficient (Wildman–Crippen LogP) is 4.03. The van der Waals surface area contributed by atoms with E-state index in [-0.39, 0.29) is 0 Å². The largest absolute Gasteiger partial charge is 0.347 e. The van der Waals surface area contributed by atoms with Crippen LogP contribution in [-0.4, -0.2) is 23.0 Å². The number of rotatable bonds is 2. The van der Waals surface area contributed by atoms with Crippen LogP contribution in [0.25, 0.3) is 21.8 Å². The van der Waals surface area contributed by atoms with Gasteiger partial charge in [-0.1, -0.05) is 18.2 Å². The topological polar surface area (TPSA) is 56.0 Å². The first kappa shape index (κ1) is 17.3. The Morgan fingerprint density at radius 1 is 1.03 bits per heavy atom. The maximum atomic E-state index is 13.6. The summed E-state index contributed by atoms with van der Waals surface area (Å²) in [5.74, 6) is 0. The van der Waals surface area contributed by atoms with E-state index in [0.29, 0.717) is 17.0 Å². The van der Waals surface area contributed by atoms with Crippen LogP contribution in [0.5, 0.6) is 0 Å². The van der Waals surface area contributed by atoms with Crippen LogP contribution in [0.15, 0.2) is 53.6 Å². The van der Waals surface area contributed by atoms with Gasteiger partial charge in [-0.05, 0) is 55.2 Å². The molecule has 29 heavy (non-hydrogen) atoms. The highest BCUT2D eigenvalue weighted by atomic mass is 32.2. The number of fused-ring (bicyclic) bond motifs is 7. The molecule has 1 saturated heterocycles. The van der Waals surface area contributed by atoms with E-state index >= 15 is 0 Å². The predicted molar refractivity (Wildman–Crippen MR) is 115 cm³/mol. The average Bonchev–Trinajstić information content (AvgIpc) is 3.36. The maximum Gasteiger partial charge on any atom is 0.268 e. The maximum absolute atomic E-state index is 13.6. The van der Waals surface area contributed by atoms with E-state index < -0.39 is 10.0 Å². The van der Waals surface area contributed by atoms with Gasteiger partial charge in [-0.25, -0.2) is 12.4 Å². The molecule has 2 aromatic carbocycles. The number of aromatic nitrogens is 2. The molecule has 148 valence electrons. The van der Waals surface area contributed by atoms with Crippen molar-refractivity contribution in [2.24, 2.45) is 7.05 Å². The van der Waals surface area contributed by atoms with Crippen LogP contribution < -0.4 is 5.32 Å². The summed E-state index contributed by atoms with van der Waals surface area (Å²) in [4.78, 5) is 0.347. The number of hydrogen-bond donors (Lipinski definition) is 1. The summed E-state index contributed by atoms with van der Waals surface area (Å²) in [6.07, 6.45) is 5.05. The van der Waals surface area contributed by atoms with Crippen molar-refractivity contribution >= 4 is 31.8 Å². The van der Waals surface area contributed by atoms with E-state index in [2.05, 4.69) is 16.9 Å². The van der Waals surface area contributed by atoms with Crippen LogP contribution in [-0.2, 0) is 23.5 Å². The third kappa shape index (κ3) is 2.27. The van der Waals surface area contributed by atoms with Crippen molar-refractivity contribution in [1.82, 2.24) is 13.9 Å². The number of para-hydroxylation sites is 1. The molecule has 0 aliphatic carbocycles. The fourth-order valence-electron chi connectivity index (χ4n) is 5.37. The molecule has 0 saturated carbocycles. The van der Waals surface area contributed by atoms with Crippen molar-refractivity contribution in [3.63, 3.8) is 0 Å². The highest BCUT2D eigenvalue weighted by Gasteiger charge is 2.36. The SMILES string of the molecule is Cc1cn(S(=O)(=O)c2ccc3c(c2)c2c(n3C)CC3CCC2N3)c2ccccc12. The number of hydrogen-bond acceptors (Lipinski definition) is 3. The van der Waals surface area contributed by atoms with Gasteiger partial charge in [0.05, 0.1) is 10.4 Å². The smallest absolute Gasteiger partial charge is 0.268 e. The molecule has 4 heterocycles. The Labute approximate surface area is 170 Å². The second kappa shape index (κ2) is 5.74. The van der Waals surface area contributed by atoms with Crippen molar-refractivity contribution in [3.05, 3.63) is 65.5 Å². The van der Waals surface area contributed by atoms with E-state index in [1.165, 1.54) is 21.7 Å². The van der Waals surface area contributed by atoms with Crippen LogP contribution in [0.3, 0.4) is 0 Å². The lowest BCUT2D eigenvalue weighted by Crippen LogP contribution is -2.32. The Morgan fingerprint density at radius 2 is 1.86 bits per heavy atom. The number of nitrogens with one attached hydrogen (secondary N) is 1. The van der Waals surface area contributed by atoms with E-state index in [1.807, 2.05) is 43.3 Å². The molecule has 2 bridgehead atoms. The van der Waals surface area contributed by atoms with Gasteiger partial charge in [-0.15, -0.1) is 0 Å². The molecule has 6 rings (SSSR count). The molecule has 6 heteroatoms. The van der Waals surface area contributed by atoms with Gasteiger partial charge in [-0.3, -0.25) is 0 Å². The van der Waals surface area contributed by atoms with E-state index in [0.717, 1.165) is 40.2 Å². The Morgan fingerprint density at radius 3 is 2.72 bits per heavy atom. The Balaban J connectivity index is 1.58. The number of aryl methyl sites for hydroxylation is 2. The molecular formula is C23H23N3O2S. The number of benzene rings is 2. The van der Waals surface area contributed by atoms with Gasteiger partial charge in [0, 0.05) is 53.7 Å². The molecular weight excluding hydrogens is 382 g/mol. The third-order valence-electron chi connectivity index (χ3n) is 6.80. The van der Waals surface area contributed by atoms with Gasteiger partial charge in [0.2, 0.25) is 0 Å². The van der Waals surface area contributed by atoms with Crippen molar-refractivity contribution in [1.29, 1.82) is 0 Å². The minimum atomic E-state index is -3.68. The molecule has 2 aliphatic heterocycles. The Kier molecular flexibility index (Phi) is 3.42. The van der Waals surface area contributed by atoms with Crippen molar-refractivity contribution in [2.45, 2.75) is 43.2 Å². The van der Waals surface area contributed by atoms with E-state index in [1.54, 1.807) is 12.3 Å². The minimum Gasteiger partial charge on any atom is -0.347 e. The van der Waals surface area contributed by atoms with Crippen LogP contribution in [0.2, 0.25) is 0 Å². The summed E-state index contributed by atoms with van der Waals surface area (Å²) in [7, 11) is -1.58. The molecule has 2 unspecified atom stereocenters. The van der Waals surface area contributed by atoms with E-state index in [4.69, 9.17) is 0 Å². The van der Waals surface area contributed by atoms with Crippen LogP contribution >= 0.6 is 0 Å². The lowest BCUT2D eigenvalue weighted by atomic mass is 9.99. The average molecular weight is 406 g/mol. The molecule has 2 aromatic heterocycles. The van der Waals surface area contributed by atoms with Gasteiger partial charge in [-0.2, -0.15) is 0 Å². The lowest BCUT2D eigenvalue weighted by Gasteiger charge is -2.23. The van der Waals surface area contributed by atoms with Gasteiger partial charge < -0.3 is 9.88 Å². The first-order valence-electron chi connectivity index (χ1n) is 10.1. The summed E-state index contributed by atoms with van der Waals surface area (Å²) in [6.45, 7) is 1.95. The lowest BCUT2D eigenvalue weighted by molar-refractivity contribution is 0.503. The summed E-state index contributed by atoms with van der Waals surface area (Å²) in [6, 6.07) is 14.1. The van der Waals surface area contributed by atoms with Crippen molar-refractivity contribution in [3.8, 4) is 0 Å². The van der Waals surface area contributed by atoms with Crippen LogP contribution in [0.4, 0.5) is 0 Å². The van der Waals surface area contributed by atoms with Gasteiger partial charge >= 0.3 is 0 Å². The fourth-order valence-corrected chi connectivity index (χ4v) is 6.82. The Hall–Kier alpha value is -2.57. The summed E-state index contributed by atoms with van der Waals surface area (Å²) >= 11 is 0. The Bertz CT molecular complexity index is 1410. The molecule has 1 fully saturated rings. The zero-order valence-electron chi connectivity index (χ0n) is 16.5. The molecule has 0 radical (unpaired) electrons. The zero-order chi connectivity index (χ0) is 19.9. The van der Waals surface area contributed by atoms with Gasteiger partial charge in [0.15, 0.2) is 0 Å². The van der Waals surface area contributed by atoms with E-state index in [9.17, 15) is 8.42 Å². The van der Waals surface area contributed by atoms with Crippen LogP contribution in [0, 0.1) is 6.92 Å². The second-order valence-electron chi connectivity index (χ2n) is 8.43. The summed E-state index contributed by atoms with van der Waals surface area (Å²) in [5, 5.41) is 5.73. The first-order valence-corrected chi connectivity index (χ1v) is 11.6. The minimum absolute atomic E-state index is 0.333.